The zero-order valence-corrected chi connectivity index (χ0v) is 12.1. The molecule has 0 saturated heterocycles. The molecular formula is C17H20O3. The molecule has 0 aromatic heterocycles. The number of aryl methyl sites for hydroxylation is 2. The largest absolute Gasteiger partial charge is 0.496 e. The predicted molar refractivity (Wildman–Crippen MR) is 79.2 cm³/mol. The molecule has 2 aromatic carbocycles. The Hall–Kier alpha value is -2.00. The first-order chi connectivity index (χ1) is 9.65. The Morgan fingerprint density at radius 3 is 2.30 bits per heavy atom. The second-order valence-electron chi connectivity index (χ2n) is 4.82. The van der Waals surface area contributed by atoms with Crippen LogP contribution in [0.4, 0.5) is 0 Å². The van der Waals surface area contributed by atoms with Crippen LogP contribution >= 0.6 is 0 Å². The molecule has 3 heteroatoms. The van der Waals surface area contributed by atoms with Crippen LogP contribution in [0.15, 0.2) is 36.4 Å². The minimum absolute atomic E-state index is 0.0501. The molecule has 106 valence electrons. The van der Waals surface area contributed by atoms with Crippen LogP contribution < -0.4 is 9.47 Å². The van der Waals surface area contributed by atoms with E-state index in [0.717, 1.165) is 33.8 Å². The van der Waals surface area contributed by atoms with Gasteiger partial charge in [-0.3, -0.25) is 0 Å². The number of rotatable bonds is 5. The number of hydrogen-bond acceptors (Lipinski definition) is 3. The van der Waals surface area contributed by atoms with Crippen LogP contribution in [-0.4, -0.2) is 12.2 Å². The van der Waals surface area contributed by atoms with E-state index in [1.54, 1.807) is 7.11 Å². The molecule has 20 heavy (non-hydrogen) atoms. The first-order valence-electron chi connectivity index (χ1n) is 6.61. The van der Waals surface area contributed by atoms with Crippen LogP contribution in [0, 0.1) is 13.8 Å². The molecule has 0 radical (unpaired) electrons. The van der Waals surface area contributed by atoms with Crippen LogP contribution in [-0.2, 0) is 13.2 Å². The standard InChI is InChI=1S/C17H20O3/c1-12-8-14(10-18)9-13(2)17(12)20-11-15-6-4-5-7-16(15)19-3/h4-9,18H,10-11H2,1-3H3. The molecule has 0 fully saturated rings. The van der Waals surface area contributed by atoms with Gasteiger partial charge < -0.3 is 14.6 Å². The van der Waals surface area contributed by atoms with Gasteiger partial charge in [0.2, 0.25) is 0 Å². The number of ether oxygens (including phenoxy) is 2. The molecule has 0 spiro atoms. The van der Waals surface area contributed by atoms with Crippen molar-refractivity contribution in [2.45, 2.75) is 27.1 Å². The second kappa shape index (κ2) is 6.44. The smallest absolute Gasteiger partial charge is 0.125 e. The SMILES string of the molecule is COc1ccccc1COc1c(C)cc(CO)cc1C. The molecule has 3 nitrogen and oxygen atoms in total. The summed E-state index contributed by atoms with van der Waals surface area (Å²) in [6, 6.07) is 11.7. The van der Waals surface area contributed by atoms with Gasteiger partial charge in [-0.05, 0) is 36.6 Å². The number of methoxy groups -OCH3 is 1. The van der Waals surface area contributed by atoms with E-state index in [2.05, 4.69) is 0 Å². The zero-order valence-electron chi connectivity index (χ0n) is 12.1. The summed E-state index contributed by atoms with van der Waals surface area (Å²) >= 11 is 0. The van der Waals surface area contributed by atoms with Gasteiger partial charge in [0.1, 0.15) is 18.1 Å². The van der Waals surface area contributed by atoms with Crippen molar-refractivity contribution in [2.75, 3.05) is 7.11 Å². The van der Waals surface area contributed by atoms with Gasteiger partial charge in [0, 0.05) is 5.56 Å². The summed E-state index contributed by atoms with van der Waals surface area (Å²) in [6.07, 6.45) is 0. The molecule has 0 saturated carbocycles. The third-order valence-electron chi connectivity index (χ3n) is 3.27. The highest BCUT2D eigenvalue weighted by Gasteiger charge is 2.08. The maximum atomic E-state index is 9.20. The number of aliphatic hydroxyl groups excluding tert-OH is 1. The summed E-state index contributed by atoms with van der Waals surface area (Å²) in [4.78, 5) is 0. The average molecular weight is 272 g/mol. The zero-order chi connectivity index (χ0) is 14.5. The molecule has 0 bridgehead atoms. The van der Waals surface area contributed by atoms with Gasteiger partial charge in [-0.2, -0.15) is 0 Å². The molecular weight excluding hydrogens is 252 g/mol. The van der Waals surface area contributed by atoms with E-state index >= 15 is 0 Å². The Morgan fingerprint density at radius 2 is 1.70 bits per heavy atom. The van der Waals surface area contributed by atoms with Crippen molar-refractivity contribution in [3.63, 3.8) is 0 Å². The fourth-order valence-electron chi connectivity index (χ4n) is 2.33. The number of aliphatic hydroxyl groups is 1. The Balaban J connectivity index is 2.19. The molecule has 0 unspecified atom stereocenters. The van der Waals surface area contributed by atoms with E-state index in [9.17, 15) is 5.11 Å². The highest BCUT2D eigenvalue weighted by atomic mass is 16.5. The minimum Gasteiger partial charge on any atom is -0.496 e. The summed E-state index contributed by atoms with van der Waals surface area (Å²) in [5, 5.41) is 9.20. The molecule has 2 aromatic rings. The molecule has 0 aliphatic rings. The molecule has 0 heterocycles. The number of benzene rings is 2. The second-order valence-corrected chi connectivity index (χ2v) is 4.82. The van der Waals surface area contributed by atoms with E-state index in [4.69, 9.17) is 9.47 Å². The van der Waals surface area contributed by atoms with Gasteiger partial charge in [0.05, 0.1) is 13.7 Å². The number of hydrogen-bond donors (Lipinski definition) is 1. The third-order valence-corrected chi connectivity index (χ3v) is 3.27. The monoisotopic (exact) mass is 272 g/mol. The lowest BCUT2D eigenvalue weighted by Gasteiger charge is -2.15. The lowest BCUT2D eigenvalue weighted by atomic mass is 10.1. The van der Waals surface area contributed by atoms with E-state index < -0.39 is 0 Å². The van der Waals surface area contributed by atoms with Crippen molar-refractivity contribution in [1.82, 2.24) is 0 Å². The quantitative estimate of drug-likeness (QED) is 0.906. The summed E-state index contributed by atoms with van der Waals surface area (Å²) in [7, 11) is 1.66. The Kier molecular flexibility index (Phi) is 4.64. The Bertz CT molecular complexity index is 568. The van der Waals surface area contributed by atoms with Crippen molar-refractivity contribution < 1.29 is 14.6 Å². The minimum atomic E-state index is 0.0501. The maximum absolute atomic E-state index is 9.20. The molecule has 0 amide bonds. The average Bonchev–Trinajstić information content (AvgIpc) is 2.46. The molecule has 0 aliphatic heterocycles. The Labute approximate surface area is 119 Å². The topological polar surface area (TPSA) is 38.7 Å². The maximum Gasteiger partial charge on any atom is 0.125 e. The van der Waals surface area contributed by atoms with Gasteiger partial charge in [-0.25, -0.2) is 0 Å². The van der Waals surface area contributed by atoms with Crippen molar-refractivity contribution >= 4 is 0 Å². The van der Waals surface area contributed by atoms with Gasteiger partial charge >= 0.3 is 0 Å². The van der Waals surface area contributed by atoms with Gasteiger partial charge in [-0.1, -0.05) is 30.3 Å². The van der Waals surface area contributed by atoms with Crippen molar-refractivity contribution in [3.05, 3.63) is 58.7 Å². The van der Waals surface area contributed by atoms with Crippen LogP contribution in [0.2, 0.25) is 0 Å². The van der Waals surface area contributed by atoms with Crippen molar-refractivity contribution in [2.24, 2.45) is 0 Å². The highest BCUT2D eigenvalue weighted by Crippen LogP contribution is 2.27. The van der Waals surface area contributed by atoms with E-state index in [0.29, 0.717) is 6.61 Å². The fraction of sp³-hybridized carbons (Fsp3) is 0.294. The van der Waals surface area contributed by atoms with E-state index in [1.807, 2.05) is 50.2 Å². The molecule has 1 N–H and O–H groups in total. The normalized spacial score (nSPS) is 10.4. The Morgan fingerprint density at radius 1 is 1.05 bits per heavy atom. The molecule has 0 aliphatic carbocycles. The third kappa shape index (κ3) is 3.11. The van der Waals surface area contributed by atoms with Crippen molar-refractivity contribution in [1.29, 1.82) is 0 Å². The van der Waals surface area contributed by atoms with E-state index in [1.165, 1.54) is 0 Å². The van der Waals surface area contributed by atoms with Crippen molar-refractivity contribution in [3.8, 4) is 11.5 Å². The van der Waals surface area contributed by atoms with Crippen LogP contribution in [0.5, 0.6) is 11.5 Å². The fourth-order valence-corrected chi connectivity index (χ4v) is 2.33. The molecule has 0 atom stereocenters. The summed E-state index contributed by atoms with van der Waals surface area (Å²) < 4.78 is 11.3. The van der Waals surface area contributed by atoms with Crippen LogP contribution in [0.1, 0.15) is 22.3 Å². The highest BCUT2D eigenvalue weighted by molar-refractivity contribution is 5.43. The van der Waals surface area contributed by atoms with Gasteiger partial charge in [0.15, 0.2) is 0 Å². The predicted octanol–water partition coefficient (Wildman–Crippen LogP) is 3.38. The first kappa shape index (κ1) is 14.4. The van der Waals surface area contributed by atoms with Gasteiger partial charge in [-0.15, -0.1) is 0 Å². The summed E-state index contributed by atoms with van der Waals surface area (Å²) in [5.74, 6) is 1.70. The van der Waals surface area contributed by atoms with Crippen LogP contribution in [0.25, 0.3) is 0 Å². The molecule has 2 rings (SSSR count). The lowest BCUT2D eigenvalue weighted by molar-refractivity contribution is 0.279. The van der Waals surface area contributed by atoms with E-state index in [-0.39, 0.29) is 6.61 Å². The van der Waals surface area contributed by atoms with Gasteiger partial charge in [0.25, 0.3) is 0 Å². The summed E-state index contributed by atoms with van der Waals surface area (Å²) in [5.41, 5.74) is 3.98. The van der Waals surface area contributed by atoms with Crippen LogP contribution in [0.3, 0.4) is 0 Å². The summed E-state index contributed by atoms with van der Waals surface area (Å²) in [6.45, 7) is 4.49. The lowest BCUT2D eigenvalue weighted by Crippen LogP contribution is -2.02. The number of para-hydroxylation sites is 1. The first-order valence-corrected chi connectivity index (χ1v) is 6.61.